The fraction of sp³-hybridized carbons (Fsp3) is 0.500. The highest BCUT2D eigenvalue weighted by molar-refractivity contribution is 5.93. The Morgan fingerprint density at radius 1 is 1.20 bits per heavy atom. The number of fused-ring (bicyclic) bond motifs is 2. The van der Waals surface area contributed by atoms with Crippen molar-refractivity contribution in [2.24, 2.45) is 11.8 Å². The zero-order valence-corrected chi connectivity index (χ0v) is 16.5. The third kappa shape index (κ3) is 2.52. The van der Waals surface area contributed by atoms with E-state index in [1.54, 1.807) is 0 Å². The lowest BCUT2D eigenvalue weighted by Gasteiger charge is -2.27. The first-order valence-electron chi connectivity index (χ1n) is 10.7. The van der Waals surface area contributed by atoms with Crippen LogP contribution in [-0.4, -0.2) is 51.0 Å². The minimum Gasteiger partial charge on any atom is -0.360 e. The Labute approximate surface area is 172 Å². The quantitative estimate of drug-likeness (QED) is 0.661. The van der Waals surface area contributed by atoms with Crippen LogP contribution in [0.1, 0.15) is 31.2 Å². The van der Waals surface area contributed by atoms with Crippen LogP contribution in [0.5, 0.6) is 0 Å². The largest absolute Gasteiger partial charge is 0.360 e. The monoisotopic (exact) mass is 408 g/mol. The summed E-state index contributed by atoms with van der Waals surface area (Å²) in [5.74, 6) is -1.01. The molecule has 2 amide bonds. The summed E-state index contributed by atoms with van der Waals surface area (Å²) in [5, 5.41) is 2.99. The lowest BCUT2D eigenvalue weighted by molar-refractivity contribution is -0.138. The molecule has 3 aliphatic heterocycles. The molecule has 1 aromatic heterocycles. The number of aromatic amines is 2. The molecule has 1 spiro atoms. The van der Waals surface area contributed by atoms with Crippen molar-refractivity contribution in [3.8, 4) is 0 Å². The number of nitrogens with zero attached hydrogens (tertiary/aromatic N) is 1. The van der Waals surface area contributed by atoms with Crippen molar-refractivity contribution in [2.45, 2.75) is 50.0 Å². The first kappa shape index (κ1) is 17.9. The topological polar surface area (TPSA) is 107 Å². The van der Waals surface area contributed by atoms with Gasteiger partial charge in [-0.3, -0.25) is 9.59 Å². The normalized spacial score (nSPS) is 32.5. The van der Waals surface area contributed by atoms with Crippen LogP contribution in [0, 0.1) is 11.8 Å². The number of benzene rings is 1. The standard InChI is InChI=1S/C22H24N4O4/c27-19(23-10-12-5-6-14-15(9-12)25-21(29)24-14)17-16-7-8-22(30-16)11-26(20(28)18(17)22)13-3-1-2-4-13/h5-9,13,16-18H,1-4,10-11H2,(H,23,27)(H2,24,25,29)/t16-,17+,18-,22+/m1/s1. The van der Waals surface area contributed by atoms with Crippen LogP contribution in [0.4, 0.5) is 0 Å². The van der Waals surface area contributed by atoms with Gasteiger partial charge in [0.15, 0.2) is 0 Å². The molecule has 4 heterocycles. The molecular weight excluding hydrogens is 384 g/mol. The molecule has 6 rings (SSSR count). The molecule has 1 saturated carbocycles. The number of H-pyrrole nitrogens is 2. The molecule has 0 radical (unpaired) electrons. The van der Waals surface area contributed by atoms with Crippen molar-refractivity contribution in [1.82, 2.24) is 20.2 Å². The number of hydrogen-bond acceptors (Lipinski definition) is 4. The maximum Gasteiger partial charge on any atom is 0.323 e. The van der Waals surface area contributed by atoms with Crippen molar-refractivity contribution in [3.63, 3.8) is 0 Å². The number of rotatable bonds is 4. The fourth-order valence-corrected chi connectivity index (χ4v) is 5.85. The van der Waals surface area contributed by atoms with E-state index >= 15 is 0 Å². The molecule has 2 saturated heterocycles. The molecule has 2 aromatic rings. The van der Waals surface area contributed by atoms with Gasteiger partial charge in [0.25, 0.3) is 0 Å². The van der Waals surface area contributed by atoms with E-state index in [0.717, 1.165) is 36.8 Å². The van der Waals surface area contributed by atoms with Crippen LogP contribution in [0.25, 0.3) is 11.0 Å². The summed E-state index contributed by atoms with van der Waals surface area (Å²) in [6.07, 6.45) is 8.02. The Morgan fingerprint density at radius 2 is 2.00 bits per heavy atom. The van der Waals surface area contributed by atoms with Gasteiger partial charge < -0.3 is 24.9 Å². The maximum atomic E-state index is 13.3. The number of carbonyl (C=O) groups is 2. The minimum absolute atomic E-state index is 0.0696. The molecule has 30 heavy (non-hydrogen) atoms. The van der Waals surface area contributed by atoms with Crippen LogP contribution in [0.15, 0.2) is 35.1 Å². The predicted octanol–water partition coefficient (Wildman–Crippen LogP) is 1.20. The molecule has 1 aromatic carbocycles. The SMILES string of the molecule is O=C(NCc1ccc2[nH]c(=O)[nH]c2c1)[C@H]1[C@H]2C=C[C@@]3(CN(C4CCCC4)C(=O)[C@@H]13)O2. The van der Waals surface area contributed by atoms with E-state index in [4.69, 9.17) is 4.74 Å². The lowest BCUT2D eigenvalue weighted by atomic mass is 9.77. The molecule has 8 nitrogen and oxygen atoms in total. The van der Waals surface area contributed by atoms with E-state index in [-0.39, 0.29) is 29.6 Å². The number of aromatic nitrogens is 2. The predicted molar refractivity (Wildman–Crippen MR) is 108 cm³/mol. The molecule has 0 unspecified atom stereocenters. The zero-order chi connectivity index (χ0) is 20.5. The summed E-state index contributed by atoms with van der Waals surface area (Å²) in [7, 11) is 0. The van der Waals surface area contributed by atoms with Crippen LogP contribution in [0.2, 0.25) is 0 Å². The van der Waals surface area contributed by atoms with E-state index in [1.807, 2.05) is 35.3 Å². The lowest BCUT2D eigenvalue weighted by Crippen LogP contribution is -2.44. The Bertz CT molecular complexity index is 1130. The van der Waals surface area contributed by atoms with Gasteiger partial charge in [0.1, 0.15) is 5.60 Å². The van der Waals surface area contributed by atoms with Gasteiger partial charge >= 0.3 is 5.69 Å². The van der Waals surface area contributed by atoms with Crippen molar-refractivity contribution >= 4 is 22.8 Å². The highest BCUT2D eigenvalue weighted by Crippen LogP contribution is 2.53. The van der Waals surface area contributed by atoms with E-state index < -0.39 is 17.4 Å². The third-order valence-corrected chi connectivity index (χ3v) is 7.24. The molecule has 4 atom stereocenters. The molecule has 3 fully saturated rings. The number of hydrogen-bond donors (Lipinski definition) is 3. The molecule has 3 N–H and O–H groups in total. The highest BCUT2D eigenvalue weighted by atomic mass is 16.5. The molecule has 156 valence electrons. The second-order valence-electron chi connectivity index (χ2n) is 8.98. The van der Waals surface area contributed by atoms with Gasteiger partial charge in [0.05, 0.1) is 35.5 Å². The van der Waals surface area contributed by atoms with E-state index in [1.165, 1.54) is 0 Å². The Kier molecular flexibility index (Phi) is 3.78. The Balaban J connectivity index is 1.20. The number of nitrogens with one attached hydrogen (secondary N) is 3. The zero-order valence-electron chi connectivity index (χ0n) is 16.5. The number of ether oxygens (including phenoxy) is 1. The number of amides is 2. The van der Waals surface area contributed by atoms with Crippen molar-refractivity contribution in [1.29, 1.82) is 0 Å². The van der Waals surface area contributed by atoms with Crippen molar-refractivity contribution in [3.05, 3.63) is 46.4 Å². The van der Waals surface area contributed by atoms with Crippen LogP contribution >= 0.6 is 0 Å². The molecule has 2 bridgehead atoms. The second-order valence-corrected chi connectivity index (χ2v) is 8.98. The first-order chi connectivity index (χ1) is 14.5. The van der Waals surface area contributed by atoms with E-state index in [9.17, 15) is 14.4 Å². The van der Waals surface area contributed by atoms with E-state index in [0.29, 0.717) is 18.6 Å². The Hall–Kier alpha value is -2.87. The van der Waals surface area contributed by atoms with Gasteiger partial charge in [0, 0.05) is 12.6 Å². The van der Waals surface area contributed by atoms with Gasteiger partial charge in [-0.25, -0.2) is 4.79 Å². The second kappa shape index (κ2) is 6.31. The average Bonchev–Trinajstić information content (AvgIpc) is 3.52. The van der Waals surface area contributed by atoms with Gasteiger partial charge in [-0.1, -0.05) is 31.1 Å². The van der Waals surface area contributed by atoms with E-state index in [2.05, 4.69) is 15.3 Å². The maximum absolute atomic E-state index is 13.3. The average molecular weight is 408 g/mol. The van der Waals surface area contributed by atoms with Gasteiger partial charge in [-0.05, 0) is 30.5 Å². The molecular formula is C22H24N4O4. The number of likely N-dealkylation sites (tertiary alicyclic amines) is 1. The first-order valence-corrected chi connectivity index (χ1v) is 10.7. The highest BCUT2D eigenvalue weighted by Gasteiger charge is 2.67. The molecule has 4 aliphatic rings. The summed E-state index contributed by atoms with van der Waals surface area (Å²) in [6, 6.07) is 5.81. The van der Waals surface area contributed by atoms with Crippen LogP contribution in [0.3, 0.4) is 0 Å². The smallest absolute Gasteiger partial charge is 0.323 e. The molecule has 1 aliphatic carbocycles. The van der Waals surface area contributed by atoms with Gasteiger partial charge in [-0.2, -0.15) is 0 Å². The van der Waals surface area contributed by atoms with Gasteiger partial charge in [0.2, 0.25) is 11.8 Å². The minimum atomic E-state index is -0.643. The fourth-order valence-electron chi connectivity index (χ4n) is 5.85. The summed E-state index contributed by atoms with van der Waals surface area (Å²) in [6.45, 7) is 0.893. The summed E-state index contributed by atoms with van der Waals surface area (Å²) in [5.41, 5.74) is 1.41. The van der Waals surface area contributed by atoms with Gasteiger partial charge in [-0.15, -0.1) is 0 Å². The summed E-state index contributed by atoms with van der Waals surface area (Å²) in [4.78, 5) is 45.3. The molecule has 8 heteroatoms. The van der Waals surface area contributed by atoms with Crippen LogP contribution < -0.4 is 11.0 Å². The number of carbonyl (C=O) groups excluding carboxylic acids is 2. The number of imidazole rings is 1. The van der Waals surface area contributed by atoms with Crippen molar-refractivity contribution < 1.29 is 14.3 Å². The summed E-state index contributed by atoms with van der Waals surface area (Å²) < 4.78 is 6.21. The summed E-state index contributed by atoms with van der Waals surface area (Å²) >= 11 is 0. The van der Waals surface area contributed by atoms with Crippen LogP contribution in [-0.2, 0) is 20.9 Å². The Morgan fingerprint density at radius 3 is 2.83 bits per heavy atom. The third-order valence-electron chi connectivity index (χ3n) is 7.24. The van der Waals surface area contributed by atoms with Crippen molar-refractivity contribution in [2.75, 3.05) is 6.54 Å².